The summed E-state index contributed by atoms with van der Waals surface area (Å²) in [5, 5.41) is 29.4. The minimum absolute atomic E-state index is 0.145. The van der Waals surface area contributed by atoms with Crippen LogP contribution in [-0.4, -0.2) is 40.9 Å². The molecule has 3 unspecified atom stereocenters. The first-order valence-electron chi connectivity index (χ1n) is 8.64. The molecule has 0 amide bonds. The monoisotopic (exact) mass is 378 g/mol. The maximum absolute atomic E-state index is 10.1. The van der Waals surface area contributed by atoms with Crippen LogP contribution in [0.15, 0.2) is 42.5 Å². The topological polar surface area (TPSA) is 79.2 Å². The van der Waals surface area contributed by atoms with Crippen LogP contribution in [0.1, 0.15) is 35.6 Å². The van der Waals surface area contributed by atoms with Crippen LogP contribution in [0.3, 0.4) is 0 Å². The lowest BCUT2D eigenvalue weighted by molar-refractivity contribution is -0.114. The molecule has 1 saturated heterocycles. The van der Waals surface area contributed by atoms with Crippen LogP contribution >= 0.6 is 11.6 Å². The fourth-order valence-corrected chi connectivity index (χ4v) is 3.43. The van der Waals surface area contributed by atoms with Gasteiger partial charge in [-0.25, -0.2) is 0 Å². The average Bonchev–Trinajstić information content (AvgIpc) is 2.64. The van der Waals surface area contributed by atoms with Crippen molar-refractivity contribution in [2.75, 3.05) is 13.4 Å². The molecule has 5 nitrogen and oxygen atoms in total. The second-order valence-corrected chi connectivity index (χ2v) is 6.94. The van der Waals surface area contributed by atoms with E-state index in [0.29, 0.717) is 30.0 Å². The fourth-order valence-electron chi connectivity index (χ4n) is 3.31. The van der Waals surface area contributed by atoms with Crippen LogP contribution in [-0.2, 0) is 11.2 Å². The molecule has 2 aromatic carbocycles. The highest BCUT2D eigenvalue weighted by Crippen LogP contribution is 2.37. The molecule has 26 heavy (non-hydrogen) atoms. The fraction of sp³-hybridized carbons (Fsp3) is 0.400. The average molecular weight is 379 g/mol. The van der Waals surface area contributed by atoms with Gasteiger partial charge in [0.25, 0.3) is 0 Å². The zero-order valence-corrected chi connectivity index (χ0v) is 15.1. The Bertz CT molecular complexity index is 719. The van der Waals surface area contributed by atoms with Gasteiger partial charge in [-0.3, -0.25) is 0 Å². The molecule has 2 aromatic rings. The Morgan fingerprint density at radius 3 is 2.46 bits per heavy atom. The number of aliphatic hydroxyl groups is 3. The van der Waals surface area contributed by atoms with Gasteiger partial charge in [-0.05, 0) is 41.8 Å². The molecule has 1 fully saturated rings. The van der Waals surface area contributed by atoms with Crippen molar-refractivity contribution in [3.63, 3.8) is 0 Å². The van der Waals surface area contributed by atoms with Crippen molar-refractivity contribution in [2.24, 2.45) is 0 Å². The summed E-state index contributed by atoms with van der Waals surface area (Å²) < 4.78 is 11.2. The number of halogens is 1. The van der Waals surface area contributed by atoms with Gasteiger partial charge >= 0.3 is 0 Å². The third-order valence-electron chi connectivity index (χ3n) is 4.54. The third-order valence-corrected chi connectivity index (χ3v) is 4.80. The molecular weight excluding hydrogens is 356 g/mol. The van der Waals surface area contributed by atoms with Gasteiger partial charge in [-0.1, -0.05) is 29.8 Å². The van der Waals surface area contributed by atoms with Gasteiger partial charge in [-0.2, -0.15) is 0 Å². The summed E-state index contributed by atoms with van der Waals surface area (Å²) in [6.45, 7) is -0.587. The Morgan fingerprint density at radius 1 is 1.04 bits per heavy atom. The van der Waals surface area contributed by atoms with Crippen LogP contribution in [0.5, 0.6) is 5.75 Å². The van der Waals surface area contributed by atoms with Crippen LogP contribution in [0.2, 0.25) is 5.02 Å². The quantitative estimate of drug-likeness (QED) is 0.674. The Morgan fingerprint density at radius 2 is 1.77 bits per heavy atom. The van der Waals surface area contributed by atoms with Crippen molar-refractivity contribution in [3.8, 4) is 5.75 Å². The summed E-state index contributed by atoms with van der Waals surface area (Å²) in [6, 6.07) is 13.4. The molecule has 0 aliphatic carbocycles. The predicted molar refractivity (Wildman–Crippen MR) is 98.4 cm³/mol. The first kappa shape index (κ1) is 19.1. The summed E-state index contributed by atoms with van der Waals surface area (Å²) >= 11 is 5.94. The van der Waals surface area contributed by atoms with Crippen molar-refractivity contribution in [2.45, 2.75) is 37.6 Å². The molecule has 0 aromatic heterocycles. The number of hydrogen-bond acceptors (Lipinski definition) is 5. The highest BCUT2D eigenvalue weighted by Gasteiger charge is 2.31. The molecule has 1 aliphatic heterocycles. The number of benzene rings is 2. The summed E-state index contributed by atoms with van der Waals surface area (Å²) in [5.41, 5.74) is 2.94. The lowest BCUT2D eigenvalue weighted by Gasteiger charge is -2.33. The second kappa shape index (κ2) is 8.84. The van der Waals surface area contributed by atoms with Gasteiger partial charge in [0.15, 0.2) is 6.79 Å². The number of rotatable bonds is 6. The normalized spacial score (nSPS) is 23.0. The largest absolute Gasteiger partial charge is 0.467 e. The molecule has 3 atom stereocenters. The number of hydrogen-bond donors (Lipinski definition) is 3. The first-order chi connectivity index (χ1) is 12.6. The minimum Gasteiger partial charge on any atom is -0.467 e. The van der Waals surface area contributed by atoms with Crippen molar-refractivity contribution < 1.29 is 24.8 Å². The summed E-state index contributed by atoms with van der Waals surface area (Å²) in [5.74, 6) is 0.517. The van der Waals surface area contributed by atoms with E-state index in [-0.39, 0.29) is 6.61 Å². The molecule has 1 heterocycles. The maximum Gasteiger partial charge on any atom is 0.186 e. The van der Waals surface area contributed by atoms with E-state index < -0.39 is 25.1 Å². The van der Waals surface area contributed by atoms with Gasteiger partial charge < -0.3 is 24.8 Å². The molecule has 1 aliphatic rings. The van der Waals surface area contributed by atoms with E-state index in [1.807, 2.05) is 36.4 Å². The van der Waals surface area contributed by atoms with Crippen LogP contribution in [0.4, 0.5) is 0 Å². The smallest absolute Gasteiger partial charge is 0.186 e. The highest BCUT2D eigenvalue weighted by atomic mass is 35.5. The van der Waals surface area contributed by atoms with Crippen molar-refractivity contribution >= 4 is 11.6 Å². The standard InChI is InChI=1S/C20H23ClO5/c21-15-4-1-13(2-5-15)7-14-3-6-19(25-12-23)18(8-14)20-10-16(24)9-17(11-22)26-20/h1-6,8,16-17,20,22-24H,7,9-12H2. The maximum atomic E-state index is 10.1. The summed E-state index contributed by atoms with van der Waals surface area (Å²) in [7, 11) is 0. The molecule has 0 spiro atoms. The molecule has 140 valence electrons. The first-order valence-corrected chi connectivity index (χ1v) is 9.02. The zero-order chi connectivity index (χ0) is 18.5. The molecule has 0 radical (unpaired) electrons. The molecule has 3 N–H and O–H groups in total. The minimum atomic E-state index is -0.548. The second-order valence-electron chi connectivity index (χ2n) is 6.50. The van der Waals surface area contributed by atoms with E-state index >= 15 is 0 Å². The van der Waals surface area contributed by atoms with Gasteiger partial charge in [-0.15, -0.1) is 0 Å². The van der Waals surface area contributed by atoms with Crippen LogP contribution < -0.4 is 4.74 Å². The molecular formula is C20H23ClO5. The van der Waals surface area contributed by atoms with Crippen molar-refractivity contribution in [1.82, 2.24) is 0 Å². The zero-order valence-electron chi connectivity index (χ0n) is 14.3. The van der Waals surface area contributed by atoms with Gasteiger partial charge in [0.1, 0.15) is 5.75 Å². The Labute approximate surface area is 157 Å². The van der Waals surface area contributed by atoms with E-state index in [1.165, 1.54) is 0 Å². The van der Waals surface area contributed by atoms with E-state index in [0.717, 1.165) is 16.7 Å². The number of ether oxygens (including phenoxy) is 2. The lowest BCUT2D eigenvalue weighted by Crippen LogP contribution is -2.33. The van der Waals surface area contributed by atoms with E-state index in [9.17, 15) is 10.2 Å². The van der Waals surface area contributed by atoms with E-state index in [1.54, 1.807) is 6.07 Å². The molecule has 0 saturated carbocycles. The molecule has 6 heteroatoms. The summed E-state index contributed by atoms with van der Waals surface area (Å²) in [4.78, 5) is 0. The lowest BCUT2D eigenvalue weighted by atomic mass is 9.93. The van der Waals surface area contributed by atoms with Crippen molar-refractivity contribution in [1.29, 1.82) is 0 Å². The number of aliphatic hydroxyl groups excluding tert-OH is 3. The molecule has 0 bridgehead atoms. The van der Waals surface area contributed by atoms with Crippen LogP contribution in [0.25, 0.3) is 0 Å². The van der Waals surface area contributed by atoms with Crippen molar-refractivity contribution in [3.05, 3.63) is 64.2 Å². The SMILES string of the molecule is OCOc1ccc(Cc2ccc(Cl)cc2)cc1C1CC(O)CC(CO)O1. The van der Waals surface area contributed by atoms with Gasteiger partial charge in [0, 0.05) is 23.4 Å². The highest BCUT2D eigenvalue weighted by molar-refractivity contribution is 6.30. The Balaban J connectivity index is 1.87. The van der Waals surface area contributed by atoms with Crippen LogP contribution in [0, 0.1) is 0 Å². The van der Waals surface area contributed by atoms with E-state index in [2.05, 4.69) is 0 Å². The van der Waals surface area contributed by atoms with Gasteiger partial charge in [0.2, 0.25) is 0 Å². The Kier molecular flexibility index (Phi) is 6.51. The van der Waals surface area contributed by atoms with Gasteiger partial charge in [0.05, 0.1) is 24.9 Å². The Hall–Kier alpha value is -1.63. The predicted octanol–water partition coefficient (Wildman–Crippen LogP) is 2.83. The third kappa shape index (κ3) is 4.75. The summed E-state index contributed by atoms with van der Waals surface area (Å²) in [6.07, 6.45) is 0.180. The molecule has 3 rings (SSSR count). The van der Waals surface area contributed by atoms with E-state index in [4.69, 9.17) is 26.2 Å².